The number of carboxylic acid groups (broad SMARTS) is 1. The summed E-state index contributed by atoms with van der Waals surface area (Å²) in [6.45, 7) is 1.89. The minimum atomic E-state index is -0.927. The fourth-order valence-corrected chi connectivity index (χ4v) is 1.85. The molecule has 0 fully saturated rings. The highest BCUT2D eigenvalue weighted by Gasteiger charge is 2.11. The van der Waals surface area contributed by atoms with E-state index in [0.29, 0.717) is 10.9 Å². The number of nitrogens with two attached hydrogens (primary N) is 1. The van der Waals surface area contributed by atoms with E-state index in [9.17, 15) is 4.79 Å². The van der Waals surface area contributed by atoms with Crippen molar-refractivity contribution in [2.24, 2.45) is 5.73 Å². The first-order valence-corrected chi connectivity index (χ1v) is 5.08. The van der Waals surface area contributed by atoms with Crippen LogP contribution in [0.2, 0.25) is 0 Å². The molecule has 1 aromatic carbocycles. The highest BCUT2D eigenvalue weighted by molar-refractivity contribution is 9.10. The van der Waals surface area contributed by atoms with E-state index in [0.717, 1.165) is 5.56 Å². The zero-order valence-corrected chi connectivity index (χ0v) is 9.41. The molecular weight excluding hydrogens is 246 g/mol. The van der Waals surface area contributed by atoms with E-state index < -0.39 is 5.97 Å². The zero-order valence-electron chi connectivity index (χ0n) is 7.83. The Hall–Kier alpha value is -0.870. The molecule has 3 N–H and O–H groups in total. The molecule has 0 radical (unpaired) electrons. The van der Waals surface area contributed by atoms with Crippen molar-refractivity contribution in [3.05, 3.63) is 33.8 Å². The Kier molecular flexibility index (Phi) is 3.66. The molecule has 3 nitrogen and oxygen atoms in total. The van der Waals surface area contributed by atoms with Crippen LogP contribution in [0, 0.1) is 0 Å². The fraction of sp³-hybridized carbons (Fsp3) is 0.300. The number of benzene rings is 1. The average molecular weight is 258 g/mol. The second-order valence-electron chi connectivity index (χ2n) is 3.27. The lowest BCUT2D eigenvalue weighted by Crippen LogP contribution is -2.18. The molecule has 0 saturated heterocycles. The van der Waals surface area contributed by atoms with Crippen LogP contribution >= 0.6 is 15.9 Å². The van der Waals surface area contributed by atoms with Crippen LogP contribution in [-0.4, -0.2) is 17.1 Å². The van der Waals surface area contributed by atoms with Crippen LogP contribution in [0.4, 0.5) is 0 Å². The first-order chi connectivity index (χ1) is 6.52. The van der Waals surface area contributed by atoms with Crippen molar-refractivity contribution < 1.29 is 9.90 Å². The quantitative estimate of drug-likeness (QED) is 0.871. The molecule has 1 rings (SSSR count). The number of carboxylic acids is 1. The summed E-state index contributed by atoms with van der Waals surface area (Å²) in [5.74, 6) is -0.927. The molecule has 1 aromatic rings. The van der Waals surface area contributed by atoms with Gasteiger partial charge < -0.3 is 10.8 Å². The van der Waals surface area contributed by atoms with E-state index in [2.05, 4.69) is 15.9 Å². The van der Waals surface area contributed by atoms with Crippen LogP contribution in [-0.2, 0) is 6.42 Å². The molecule has 1 unspecified atom stereocenters. The second kappa shape index (κ2) is 4.57. The van der Waals surface area contributed by atoms with Crippen LogP contribution < -0.4 is 5.73 Å². The third-order valence-corrected chi connectivity index (χ3v) is 2.79. The van der Waals surface area contributed by atoms with Gasteiger partial charge in [0.1, 0.15) is 0 Å². The highest BCUT2D eigenvalue weighted by atomic mass is 79.9. The predicted molar refractivity (Wildman–Crippen MR) is 58.5 cm³/mol. The molecule has 14 heavy (non-hydrogen) atoms. The van der Waals surface area contributed by atoms with Gasteiger partial charge in [-0.3, -0.25) is 0 Å². The largest absolute Gasteiger partial charge is 0.478 e. The molecule has 0 amide bonds. The van der Waals surface area contributed by atoms with Gasteiger partial charge in [0.05, 0.1) is 5.56 Å². The summed E-state index contributed by atoms with van der Waals surface area (Å²) in [5, 5.41) is 8.86. The first-order valence-electron chi connectivity index (χ1n) is 4.28. The third-order valence-electron chi connectivity index (χ3n) is 1.85. The normalized spacial score (nSPS) is 12.5. The predicted octanol–water partition coefficient (Wildman–Crippen LogP) is 2.04. The van der Waals surface area contributed by atoms with Crippen molar-refractivity contribution in [3.63, 3.8) is 0 Å². The third kappa shape index (κ3) is 2.56. The molecule has 4 heteroatoms. The van der Waals surface area contributed by atoms with Crippen molar-refractivity contribution in [1.29, 1.82) is 0 Å². The lowest BCUT2D eigenvalue weighted by molar-refractivity contribution is 0.0695. The molecule has 0 saturated carbocycles. The molecule has 0 aromatic heterocycles. The number of carbonyl (C=O) groups is 1. The minimum absolute atomic E-state index is 0.0235. The lowest BCUT2D eigenvalue weighted by atomic mass is 10.0. The molecular formula is C10H12BrNO2. The molecule has 0 aliphatic rings. The van der Waals surface area contributed by atoms with Gasteiger partial charge in [-0.25, -0.2) is 4.79 Å². The summed E-state index contributed by atoms with van der Waals surface area (Å²) in [6, 6.07) is 5.19. The Labute approximate surface area is 91.1 Å². The zero-order chi connectivity index (χ0) is 10.7. The smallest absolute Gasteiger partial charge is 0.336 e. The van der Waals surface area contributed by atoms with Gasteiger partial charge in [-0.2, -0.15) is 0 Å². The van der Waals surface area contributed by atoms with Crippen molar-refractivity contribution in [3.8, 4) is 0 Å². The summed E-state index contributed by atoms with van der Waals surface area (Å²) < 4.78 is 0.629. The molecule has 0 aliphatic carbocycles. The van der Waals surface area contributed by atoms with E-state index in [1.807, 2.05) is 13.0 Å². The van der Waals surface area contributed by atoms with Gasteiger partial charge in [0.15, 0.2) is 0 Å². The van der Waals surface area contributed by atoms with Gasteiger partial charge in [-0.05, 0) is 40.9 Å². The molecule has 0 aliphatic heterocycles. The number of hydrogen-bond acceptors (Lipinski definition) is 2. The van der Waals surface area contributed by atoms with Crippen molar-refractivity contribution >= 4 is 21.9 Å². The van der Waals surface area contributed by atoms with Crippen molar-refractivity contribution in [1.82, 2.24) is 0 Å². The maximum atomic E-state index is 10.8. The summed E-state index contributed by atoms with van der Waals surface area (Å²) in [6.07, 6.45) is 0.668. The molecule has 0 spiro atoms. The number of hydrogen-bond donors (Lipinski definition) is 2. The summed E-state index contributed by atoms with van der Waals surface area (Å²) in [5.41, 5.74) is 6.86. The van der Waals surface area contributed by atoms with Crippen LogP contribution in [0.1, 0.15) is 22.8 Å². The van der Waals surface area contributed by atoms with Gasteiger partial charge in [0.25, 0.3) is 0 Å². The van der Waals surface area contributed by atoms with E-state index in [1.165, 1.54) is 0 Å². The van der Waals surface area contributed by atoms with E-state index in [1.54, 1.807) is 12.1 Å². The van der Waals surface area contributed by atoms with Crippen molar-refractivity contribution in [2.45, 2.75) is 19.4 Å². The van der Waals surface area contributed by atoms with E-state index in [4.69, 9.17) is 10.8 Å². The van der Waals surface area contributed by atoms with Gasteiger partial charge in [-0.1, -0.05) is 12.1 Å². The Balaban J connectivity index is 3.07. The summed E-state index contributed by atoms with van der Waals surface area (Å²) >= 11 is 3.27. The van der Waals surface area contributed by atoms with E-state index in [-0.39, 0.29) is 11.6 Å². The van der Waals surface area contributed by atoms with Gasteiger partial charge >= 0.3 is 5.97 Å². The second-order valence-corrected chi connectivity index (χ2v) is 4.06. The summed E-state index contributed by atoms with van der Waals surface area (Å²) in [4.78, 5) is 10.8. The van der Waals surface area contributed by atoms with Crippen LogP contribution in [0.25, 0.3) is 0 Å². The Morgan fingerprint density at radius 1 is 1.64 bits per heavy atom. The van der Waals surface area contributed by atoms with E-state index >= 15 is 0 Å². The van der Waals surface area contributed by atoms with Crippen molar-refractivity contribution in [2.75, 3.05) is 0 Å². The standard InChI is InChI=1S/C10H12BrNO2/c1-6(12)5-7-3-2-4-8(9(7)11)10(13)14/h2-4,6H,5,12H2,1H3,(H,13,14). The highest BCUT2D eigenvalue weighted by Crippen LogP contribution is 2.22. The maximum absolute atomic E-state index is 10.8. The average Bonchev–Trinajstić information content (AvgIpc) is 2.07. The monoisotopic (exact) mass is 257 g/mol. The van der Waals surface area contributed by atoms with Crippen LogP contribution in [0.5, 0.6) is 0 Å². The SMILES string of the molecule is CC(N)Cc1cccc(C(=O)O)c1Br. The van der Waals surface area contributed by atoms with Gasteiger partial charge in [-0.15, -0.1) is 0 Å². The van der Waals surface area contributed by atoms with Crippen LogP contribution in [0.15, 0.2) is 22.7 Å². The lowest BCUT2D eigenvalue weighted by Gasteiger charge is -2.09. The Morgan fingerprint density at radius 3 is 2.79 bits per heavy atom. The fourth-order valence-electron chi connectivity index (χ4n) is 1.25. The number of aromatic carboxylic acids is 1. The summed E-state index contributed by atoms with van der Waals surface area (Å²) in [7, 11) is 0. The van der Waals surface area contributed by atoms with Gasteiger partial charge in [0.2, 0.25) is 0 Å². The van der Waals surface area contributed by atoms with Crippen LogP contribution in [0.3, 0.4) is 0 Å². The topological polar surface area (TPSA) is 63.3 Å². The minimum Gasteiger partial charge on any atom is -0.478 e. The molecule has 0 bridgehead atoms. The first kappa shape index (κ1) is 11.2. The maximum Gasteiger partial charge on any atom is 0.336 e. The molecule has 0 heterocycles. The Bertz CT molecular complexity index is 350. The number of halogens is 1. The molecule has 1 atom stereocenters. The molecule has 76 valence electrons. The Morgan fingerprint density at radius 2 is 2.29 bits per heavy atom. The number of rotatable bonds is 3. The van der Waals surface area contributed by atoms with Gasteiger partial charge in [0, 0.05) is 10.5 Å².